The molecule has 0 radical (unpaired) electrons. The van der Waals surface area contributed by atoms with Gasteiger partial charge in [-0.25, -0.2) is 4.98 Å². The molecule has 0 saturated carbocycles. The van der Waals surface area contributed by atoms with Crippen molar-refractivity contribution in [2.45, 2.75) is 44.6 Å². The minimum absolute atomic E-state index is 0.262. The second-order valence-corrected chi connectivity index (χ2v) is 6.59. The monoisotopic (exact) mass is 287 g/mol. The van der Waals surface area contributed by atoms with Crippen LogP contribution < -0.4 is 11.3 Å². The third-order valence-corrected chi connectivity index (χ3v) is 5.03. The molecule has 106 valence electrons. The van der Waals surface area contributed by atoms with E-state index in [1.807, 2.05) is 0 Å². The van der Waals surface area contributed by atoms with Crippen molar-refractivity contribution < 1.29 is 0 Å². The fraction of sp³-hybridized carbons (Fsp3) is 0.438. The molecule has 0 fully saturated rings. The summed E-state index contributed by atoms with van der Waals surface area (Å²) in [6.45, 7) is 2.05. The van der Waals surface area contributed by atoms with Gasteiger partial charge in [-0.2, -0.15) is 0 Å². The quantitative estimate of drug-likeness (QED) is 0.671. The molecule has 1 aliphatic carbocycles. The Morgan fingerprint density at radius 2 is 2.30 bits per heavy atom. The van der Waals surface area contributed by atoms with Gasteiger partial charge in [0.25, 0.3) is 0 Å². The van der Waals surface area contributed by atoms with Crippen LogP contribution in [0.5, 0.6) is 0 Å². The first kappa shape index (κ1) is 13.7. The smallest absolute Gasteiger partial charge is 0.0897 e. The van der Waals surface area contributed by atoms with Crippen LogP contribution in [0.3, 0.4) is 0 Å². The number of nitrogens with zero attached hydrogens (tertiary/aromatic N) is 1. The maximum atomic E-state index is 5.84. The molecule has 1 aromatic carbocycles. The summed E-state index contributed by atoms with van der Waals surface area (Å²) in [4.78, 5) is 4.57. The number of hydrogen-bond donors (Lipinski definition) is 2. The molecule has 0 spiro atoms. The van der Waals surface area contributed by atoms with Crippen molar-refractivity contribution >= 4 is 11.3 Å². The lowest BCUT2D eigenvalue weighted by molar-refractivity contribution is 0.393. The standard InChI is InChI=1S/C16H21N3S/c1-11-18-13(10-20-11)9-16(19-17)15-8-4-6-12-5-2-3-7-14(12)15/h2-3,5,7,10,15-16,19H,4,6,8-9,17H2,1H3. The summed E-state index contributed by atoms with van der Waals surface area (Å²) >= 11 is 1.71. The highest BCUT2D eigenvalue weighted by atomic mass is 32.1. The highest BCUT2D eigenvalue weighted by molar-refractivity contribution is 7.09. The van der Waals surface area contributed by atoms with Gasteiger partial charge in [-0.15, -0.1) is 11.3 Å². The molecule has 1 aliphatic rings. The molecule has 0 aliphatic heterocycles. The van der Waals surface area contributed by atoms with Gasteiger partial charge >= 0.3 is 0 Å². The number of thiazole rings is 1. The van der Waals surface area contributed by atoms with Gasteiger partial charge in [0.2, 0.25) is 0 Å². The molecule has 0 amide bonds. The zero-order valence-electron chi connectivity index (χ0n) is 11.8. The van der Waals surface area contributed by atoms with Gasteiger partial charge in [0.05, 0.1) is 10.7 Å². The molecule has 4 heteroatoms. The van der Waals surface area contributed by atoms with E-state index >= 15 is 0 Å². The number of aryl methyl sites for hydroxylation is 2. The summed E-state index contributed by atoms with van der Waals surface area (Å²) in [6.07, 6.45) is 4.55. The van der Waals surface area contributed by atoms with Crippen LogP contribution >= 0.6 is 11.3 Å². The Morgan fingerprint density at radius 1 is 1.45 bits per heavy atom. The summed E-state index contributed by atoms with van der Waals surface area (Å²) in [6, 6.07) is 9.05. The summed E-state index contributed by atoms with van der Waals surface area (Å²) in [7, 11) is 0. The lowest BCUT2D eigenvalue weighted by Crippen LogP contribution is -2.42. The van der Waals surface area contributed by atoms with Crippen molar-refractivity contribution in [1.29, 1.82) is 0 Å². The van der Waals surface area contributed by atoms with E-state index in [1.54, 1.807) is 11.3 Å². The maximum absolute atomic E-state index is 5.84. The van der Waals surface area contributed by atoms with Gasteiger partial charge in [0.1, 0.15) is 0 Å². The first-order valence-electron chi connectivity index (χ1n) is 7.23. The molecule has 0 bridgehead atoms. The van der Waals surface area contributed by atoms with Gasteiger partial charge < -0.3 is 0 Å². The Morgan fingerprint density at radius 3 is 3.05 bits per heavy atom. The Labute approximate surface area is 124 Å². The molecule has 3 nitrogen and oxygen atoms in total. The molecule has 0 saturated heterocycles. The van der Waals surface area contributed by atoms with Crippen LogP contribution in [-0.2, 0) is 12.8 Å². The second-order valence-electron chi connectivity index (χ2n) is 5.53. The minimum Gasteiger partial charge on any atom is -0.271 e. The van der Waals surface area contributed by atoms with Crippen LogP contribution in [0.15, 0.2) is 29.6 Å². The van der Waals surface area contributed by atoms with Crippen molar-refractivity contribution in [3.05, 3.63) is 51.5 Å². The fourth-order valence-corrected chi connectivity index (χ4v) is 3.88. The van der Waals surface area contributed by atoms with Gasteiger partial charge in [0, 0.05) is 23.8 Å². The topological polar surface area (TPSA) is 50.9 Å². The van der Waals surface area contributed by atoms with Gasteiger partial charge in [-0.1, -0.05) is 24.3 Å². The number of nitrogens with two attached hydrogens (primary N) is 1. The number of fused-ring (bicyclic) bond motifs is 1. The van der Waals surface area contributed by atoms with Crippen LogP contribution in [-0.4, -0.2) is 11.0 Å². The average Bonchev–Trinajstić information content (AvgIpc) is 2.89. The average molecular weight is 287 g/mol. The zero-order valence-corrected chi connectivity index (χ0v) is 12.6. The molecular weight excluding hydrogens is 266 g/mol. The van der Waals surface area contributed by atoms with Gasteiger partial charge in [-0.05, 0) is 37.3 Å². The van der Waals surface area contributed by atoms with Crippen molar-refractivity contribution in [3.63, 3.8) is 0 Å². The lowest BCUT2D eigenvalue weighted by atomic mass is 9.78. The number of nitrogens with one attached hydrogen (secondary N) is 1. The molecular formula is C16H21N3S. The van der Waals surface area contributed by atoms with Crippen LogP contribution in [0.2, 0.25) is 0 Å². The fourth-order valence-electron chi connectivity index (χ4n) is 3.25. The largest absolute Gasteiger partial charge is 0.271 e. The van der Waals surface area contributed by atoms with Crippen LogP contribution in [0, 0.1) is 6.92 Å². The summed E-state index contributed by atoms with van der Waals surface area (Å²) in [5.41, 5.74) is 7.14. The highest BCUT2D eigenvalue weighted by Gasteiger charge is 2.27. The lowest BCUT2D eigenvalue weighted by Gasteiger charge is -2.31. The van der Waals surface area contributed by atoms with Crippen molar-refractivity contribution in [2.24, 2.45) is 5.84 Å². The van der Waals surface area contributed by atoms with E-state index in [2.05, 4.69) is 47.0 Å². The molecule has 2 atom stereocenters. The highest BCUT2D eigenvalue weighted by Crippen LogP contribution is 2.34. The first-order valence-corrected chi connectivity index (χ1v) is 8.11. The Kier molecular flexibility index (Phi) is 4.15. The van der Waals surface area contributed by atoms with E-state index < -0.39 is 0 Å². The van der Waals surface area contributed by atoms with E-state index in [0.717, 1.165) is 17.1 Å². The Hall–Kier alpha value is -1.23. The molecule has 2 unspecified atom stereocenters. The SMILES string of the molecule is Cc1nc(CC(NN)C2CCCc3ccccc32)cs1. The Bertz CT molecular complexity index is 579. The van der Waals surface area contributed by atoms with Crippen molar-refractivity contribution in [1.82, 2.24) is 10.4 Å². The maximum Gasteiger partial charge on any atom is 0.0897 e. The second kappa shape index (κ2) is 6.04. The molecule has 1 heterocycles. The summed E-state index contributed by atoms with van der Waals surface area (Å²) in [5, 5.41) is 3.27. The number of hydrazine groups is 1. The Balaban J connectivity index is 1.83. The van der Waals surface area contributed by atoms with Crippen molar-refractivity contribution in [3.8, 4) is 0 Å². The van der Waals surface area contributed by atoms with Gasteiger partial charge in [-0.3, -0.25) is 11.3 Å². The predicted molar refractivity (Wildman–Crippen MR) is 83.8 cm³/mol. The van der Waals surface area contributed by atoms with Crippen LogP contribution in [0.1, 0.15) is 40.6 Å². The molecule has 20 heavy (non-hydrogen) atoms. The normalized spacial score (nSPS) is 19.6. The number of benzene rings is 1. The molecule has 1 aromatic heterocycles. The summed E-state index contributed by atoms with van der Waals surface area (Å²) < 4.78 is 0. The third kappa shape index (κ3) is 2.77. The van der Waals surface area contributed by atoms with Gasteiger partial charge in [0.15, 0.2) is 0 Å². The van der Waals surface area contributed by atoms with Crippen LogP contribution in [0.4, 0.5) is 0 Å². The molecule has 2 aromatic rings. The van der Waals surface area contributed by atoms with E-state index in [0.29, 0.717) is 5.92 Å². The minimum atomic E-state index is 0.262. The van der Waals surface area contributed by atoms with E-state index in [-0.39, 0.29) is 6.04 Å². The number of rotatable bonds is 4. The predicted octanol–water partition coefficient (Wildman–Crippen LogP) is 2.95. The van der Waals surface area contributed by atoms with Crippen molar-refractivity contribution in [2.75, 3.05) is 0 Å². The van der Waals surface area contributed by atoms with E-state index in [1.165, 1.54) is 30.4 Å². The third-order valence-electron chi connectivity index (χ3n) is 4.21. The first-order chi connectivity index (χ1) is 9.78. The number of hydrogen-bond acceptors (Lipinski definition) is 4. The summed E-state index contributed by atoms with van der Waals surface area (Å²) in [5.74, 6) is 6.33. The van der Waals surface area contributed by atoms with E-state index in [4.69, 9.17) is 5.84 Å². The molecule has 3 N–H and O–H groups in total. The molecule has 3 rings (SSSR count). The van der Waals surface area contributed by atoms with Crippen LogP contribution in [0.25, 0.3) is 0 Å². The zero-order chi connectivity index (χ0) is 13.9. The number of aromatic nitrogens is 1. The van der Waals surface area contributed by atoms with E-state index in [9.17, 15) is 0 Å².